The van der Waals surface area contributed by atoms with Crippen molar-refractivity contribution in [3.05, 3.63) is 48.0 Å². The standard InChI is InChI=1S/C21H32N4.HI/c1-21(2,15-18-9-5-4-6-10-18)17-23-20(22-3)25-14-11-19(16-25)24-12-7-8-13-24;/h4-10,19H,11-17H2,1-3H3,(H,22,23);1H. The molecule has 2 aliphatic rings. The molecule has 0 saturated carbocycles. The van der Waals surface area contributed by atoms with Gasteiger partial charge in [0.15, 0.2) is 5.96 Å². The smallest absolute Gasteiger partial charge is 0.193 e. The van der Waals surface area contributed by atoms with Gasteiger partial charge in [-0.05, 0) is 23.8 Å². The Morgan fingerprint density at radius 1 is 1.19 bits per heavy atom. The van der Waals surface area contributed by atoms with E-state index in [0.29, 0.717) is 6.04 Å². The predicted octanol–water partition coefficient (Wildman–Crippen LogP) is 3.39. The summed E-state index contributed by atoms with van der Waals surface area (Å²) < 4.78 is 0. The summed E-state index contributed by atoms with van der Waals surface area (Å²) in [5.41, 5.74) is 1.59. The van der Waals surface area contributed by atoms with Gasteiger partial charge in [0.1, 0.15) is 0 Å². The van der Waals surface area contributed by atoms with Crippen LogP contribution in [-0.2, 0) is 6.42 Å². The summed E-state index contributed by atoms with van der Waals surface area (Å²) >= 11 is 0. The first-order chi connectivity index (χ1) is 12.1. The van der Waals surface area contributed by atoms with Crippen LogP contribution in [0.2, 0.25) is 0 Å². The van der Waals surface area contributed by atoms with E-state index in [1.54, 1.807) is 0 Å². The van der Waals surface area contributed by atoms with E-state index in [0.717, 1.165) is 45.1 Å². The van der Waals surface area contributed by atoms with Gasteiger partial charge in [0.05, 0.1) is 0 Å². The van der Waals surface area contributed by atoms with Gasteiger partial charge in [-0.1, -0.05) is 56.3 Å². The average molecular weight is 468 g/mol. The summed E-state index contributed by atoms with van der Waals surface area (Å²) in [5, 5.41) is 3.62. The van der Waals surface area contributed by atoms with Crippen molar-refractivity contribution in [3.8, 4) is 0 Å². The maximum Gasteiger partial charge on any atom is 0.193 e. The molecular formula is C21H33IN4. The molecule has 0 bridgehead atoms. The van der Waals surface area contributed by atoms with Crippen LogP contribution in [0.15, 0.2) is 47.5 Å². The van der Waals surface area contributed by atoms with Crippen LogP contribution < -0.4 is 5.32 Å². The number of nitrogens with zero attached hydrogens (tertiary/aromatic N) is 3. The predicted molar refractivity (Wildman–Crippen MR) is 121 cm³/mol. The van der Waals surface area contributed by atoms with Crippen molar-refractivity contribution in [3.63, 3.8) is 0 Å². The summed E-state index contributed by atoms with van der Waals surface area (Å²) in [6.45, 7) is 9.97. The summed E-state index contributed by atoms with van der Waals surface area (Å²) in [6, 6.07) is 11.4. The number of benzene rings is 1. The van der Waals surface area contributed by atoms with Crippen LogP contribution in [0.3, 0.4) is 0 Å². The Kier molecular flexibility index (Phi) is 7.95. The van der Waals surface area contributed by atoms with Crippen LogP contribution in [0.1, 0.15) is 25.8 Å². The zero-order valence-corrected chi connectivity index (χ0v) is 18.6. The molecule has 2 heterocycles. The molecule has 1 aromatic rings. The highest BCUT2D eigenvalue weighted by Crippen LogP contribution is 2.22. The first-order valence-corrected chi connectivity index (χ1v) is 9.46. The Morgan fingerprint density at radius 2 is 1.88 bits per heavy atom. The van der Waals surface area contributed by atoms with Gasteiger partial charge >= 0.3 is 0 Å². The second-order valence-electron chi connectivity index (χ2n) is 8.04. The fraction of sp³-hybridized carbons (Fsp3) is 0.571. The van der Waals surface area contributed by atoms with Crippen molar-refractivity contribution in [1.29, 1.82) is 0 Å². The average Bonchev–Trinajstić information content (AvgIpc) is 3.27. The maximum absolute atomic E-state index is 4.54. The van der Waals surface area contributed by atoms with E-state index in [-0.39, 0.29) is 29.4 Å². The van der Waals surface area contributed by atoms with Crippen LogP contribution in [-0.4, -0.2) is 61.6 Å². The zero-order chi connectivity index (χ0) is 17.7. The zero-order valence-electron chi connectivity index (χ0n) is 16.3. The third kappa shape index (κ3) is 5.71. The second kappa shape index (κ2) is 9.74. The van der Waals surface area contributed by atoms with Crippen molar-refractivity contribution in [2.45, 2.75) is 32.7 Å². The topological polar surface area (TPSA) is 30.9 Å². The number of rotatable bonds is 5. The molecule has 2 aliphatic heterocycles. The van der Waals surface area contributed by atoms with Crippen LogP contribution in [0.4, 0.5) is 0 Å². The van der Waals surface area contributed by atoms with E-state index in [9.17, 15) is 0 Å². The van der Waals surface area contributed by atoms with Crippen molar-refractivity contribution < 1.29 is 0 Å². The molecule has 0 radical (unpaired) electrons. The van der Waals surface area contributed by atoms with Gasteiger partial charge in [-0.25, -0.2) is 0 Å². The maximum atomic E-state index is 4.54. The summed E-state index contributed by atoms with van der Waals surface area (Å²) in [7, 11) is 1.90. The Hall–Kier alpha value is -1.08. The number of nitrogens with one attached hydrogen (secondary N) is 1. The first-order valence-electron chi connectivity index (χ1n) is 9.46. The second-order valence-corrected chi connectivity index (χ2v) is 8.04. The van der Waals surface area contributed by atoms with Crippen molar-refractivity contribution in [2.24, 2.45) is 10.4 Å². The van der Waals surface area contributed by atoms with Gasteiger partial charge in [-0.15, -0.1) is 24.0 Å². The molecule has 4 nitrogen and oxygen atoms in total. The molecule has 0 aliphatic carbocycles. The van der Waals surface area contributed by atoms with E-state index in [1.165, 1.54) is 12.0 Å². The van der Waals surface area contributed by atoms with Crippen LogP contribution in [0.25, 0.3) is 0 Å². The summed E-state index contributed by atoms with van der Waals surface area (Å²) in [6.07, 6.45) is 6.86. The number of halogens is 1. The van der Waals surface area contributed by atoms with E-state index in [2.05, 4.69) is 76.4 Å². The lowest BCUT2D eigenvalue weighted by molar-refractivity contribution is 0.258. The normalized spacial score (nSPS) is 21.1. The monoisotopic (exact) mass is 468 g/mol. The Morgan fingerprint density at radius 3 is 2.54 bits per heavy atom. The van der Waals surface area contributed by atoms with Crippen molar-refractivity contribution in [2.75, 3.05) is 39.8 Å². The first kappa shape index (κ1) is 21.2. The molecule has 0 spiro atoms. The molecule has 144 valence electrons. The Bertz CT molecular complexity index is 604. The van der Waals surface area contributed by atoms with E-state index in [4.69, 9.17) is 0 Å². The molecule has 1 saturated heterocycles. The van der Waals surface area contributed by atoms with Gasteiger partial charge < -0.3 is 10.2 Å². The molecule has 0 aromatic heterocycles. The largest absolute Gasteiger partial charge is 0.356 e. The molecule has 1 fully saturated rings. The van der Waals surface area contributed by atoms with Crippen molar-refractivity contribution >= 4 is 29.9 Å². The van der Waals surface area contributed by atoms with Crippen LogP contribution >= 0.6 is 24.0 Å². The van der Waals surface area contributed by atoms with Gasteiger partial charge in [-0.2, -0.15) is 0 Å². The highest BCUT2D eigenvalue weighted by Gasteiger charge is 2.30. The highest BCUT2D eigenvalue weighted by atomic mass is 127. The molecule has 3 rings (SSSR count). The fourth-order valence-electron chi connectivity index (χ4n) is 3.89. The lowest BCUT2D eigenvalue weighted by atomic mass is 9.86. The van der Waals surface area contributed by atoms with Gasteiger partial charge in [0, 0.05) is 45.8 Å². The number of guanidine groups is 1. The van der Waals surface area contributed by atoms with Crippen LogP contribution in [0.5, 0.6) is 0 Å². The van der Waals surface area contributed by atoms with E-state index >= 15 is 0 Å². The van der Waals surface area contributed by atoms with Gasteiger partial charge in [-0.3, -0.25) is 9.89 Å². The minimum absolute atomic E-state index is 0. The van der Waals surface area contributed by atoms with Gasteiger partial charge in [0.25, 0.3) is 0 Å². The minimum atomic E-state index is 0. The molecule has 0 amide bonds. The lowest BCUT2D eigenvalue weighted by Gasteiger charge is -2.29. The number of hydrogen-bond acceptors (Lipinski definition) is 2. The Labute approximate surface area is 175 Å². The van der Waals surface area contributed by atoms with E-state index in [1.807, 2.05) is 7.05 Å². The number of likely N-dealkylation sites (tertiary alicyclic amines) is 1. The lowest BCUT2D eigenvalue weighted by Crippen LogP contribution is -2.45. The number of aliphatic imine (C=N–C) groups is 1. The summed E-state index contributed by atoms with van der Waals surface area (Å²) in [4.78, 5) is 9.52. The molecule has 1 atom stereocenters. The number of hydrogen-bond donors (Lipinski definition) is 1. The minimum Gasteiger partial charge on any atom is -0.356 e. The van der Waals surface area contributed by atoms with Crippen LogP contribution in [0, 0.1) is 5.41 Å². The summed E-state index contributed by atoms with van der Waals surface area (Å²) in [5.74, 6) is 1.05. The molecule has 1 N–H and O–H groups in total. The molecule has 1 unspecified atom stereocenters. The molecular weight excluding hydrogens is 435 g/mol. The van der Waals surface area contributed by atoms with Crippen molar-refractivity contribution in [1.82, 2.24) is 15.1 Å². The quantitative estimate of drug-likeness (QED) is 0.311. The Balaban J connectivity index is 0.00000243. The molecule has 1 aromatic carbocycles. The highest BCUT2D eigenvalue weighted by molar-refractivity contribution is 14.0. The fourth-order valence-corrected chi connectivity index (χ4v) is 3.89. The third-order valence-electron chi connectivity index (χ3n) is 5.29. The molecule has 26 heavy (non-hydrogen) atoms. The third-order valence-corrected chi connectivity index (χ3v) is 5.29. The van der Waals surface area contributed by atoms with E-state index < -0.39 is 0 Å². The molecule has 5 heteroatoms. The van der Waals surface area contributed by atoms with Gasteiger partial charge in [0.2, 0.25) is 0 Å². The SMILES string of the molecule is CN=C(NCC(C)(C)Cc1ccccc1)N1CCC(N2CC=CC2)C1.I.